The smallest absolute Gasteiger partial charge is 0.357 e. The van der Waals surface area contributed by atoms with E-state index in [0.29, 0.717) is 11.7 Å². The van der Waals surface area contributed by atoms with E-state index in [1.54, 1.807) is 5.38 Å². The highest BCUT2D eigenvalue weighted by atomic mass is 32.1. The van der Waals surface area contributed by atoms with Crippen LogP contribution in [0.3, 0.4) is 0 Å². The Kier molecular flexibility index (Phi) is 4.76. The summed E-state index contributed by atoms with van der Waals surface area (Å²) in [7, 11) is 1.38. The molecule has 1 aromatic heterocycles. The summed E-state index contributed by atoms with van der Waals surface area (Å²) in [5, 5.41) is 2.69. The standard InChI is InChI=1S/C13H21N3O2S/c1-4-10(2)15-5-7-16(8-6-15)13-14-11(9-19-13)12(17)18-3/h9-10H,4-8H2,1-3H3. The molecule has 1 atom stereocenters. The largest absolute Gasteiger partial charge is 0.464 e. The van der Waals surface area contributed by atoms with E-state index in [4.69, 9.17) is 0 Å². The number of thiazole rings is 1. The minimum absolute atomic E-state index is 0.360. The third kappa shape index (κ3) is 3.25. The molecule has 0 aromatic carbocycles. The third-order valence-corrected chi connectivity index (χ3v) is 4.59. The van der Waals surface area contributed by atoms with Gasteiger partial charge in [-0.05, 0) is 13.3 Å². The van der Waals surface area contributed by atoms with Crippen LogP contribution in [-0.2, 0) is 4.74 Å². The van der Waals surface area contributed by atoms with Crippen LogP contribution in [0.15, 0.2) is 5.38 Å². The fourth-order valence-corrected chi connectivity index (χ4v) is 3.07. The van der Waals surface area contributed by atoms with E-state index >= 15 is 0 Å². The van der Waals surface area contributed by atoms with E-state index in [-0.39, 0.29) is 5.97 Å². The van der Waals surface area contributed by atoms with Gasteiger partial charge in [-0.2, -0.15) is 0 Å². The molecule has 1 aromatic rings. The van der Waals surface area contributed by atoms with Crippen LogP contribution in [0.2, 0.25) is 0 Å². The van der Waals surface area contributed by atoms with Gasteiger partial charge >= 0.3 is 5.97 Å². The Morgan fingerprint density at radius 2 is 2.16 bits per heavy atom. The Balaban J connectivity index is 1.94. The van der Waals surface area contributed by atoms with Crippen molar-refractivity contribution in [1.29, 1.82) is 0 Å². The van der Waals surface area contributed by atoms with Crippen molar-refractivity contribution >= 4 is 22.4 Å². The fraction of sp³-hybridized carbons (Fsp3) is 0.692. The summed E-state index contributed by atoms with van der Waals surface area (Å²) in [6.45, 7) is 8.55. The molecule has 2 heterocycles. The Morgan fingerprint density at radius 3 is 2.74 bits per heavy atom. The van der Waals surface area contributed by atoms with E-state index in [2.05, 4.69) is 33.4 Å². The molecule has 0 spiro atoms. The first-order valence-corrected chi connectivity index (χ1v) is 7.56. The molecule has 0 aliphatic carbocycles. The van der Waals surface area contributed by atoms with Crippen molar-refractivity contribution in [3.63, 3.8) is 0 Å². The molecule has 0 radical (unpaired) electrons. The molecule has 1 unspecified atom stereocenters. The number of esters is 1. The van der Waals surface area contributed by atoms with Gasteiger partial charge in [-0.3, -0.25) is 4.90 Å². The molecule has 106 valence electrons. The van der Waals surface area contributed by atoms with Crippen LogP contribution in [0, 0.1) is 0 Å². The van der Waals surface area contributed by atoms with Crippen molar-refractivity contribution in [1.82, 2.24) is 9.88 Å². The van der Waals surface area contributed by atoms with Crippen LogP contribution in [0.4, 0.5) is 5.13 Å². The number of piperazine rings is 1. The zero-order valence-electron chi connectivity index (χ0n) is 11.8. The summed E-state index contributed by atoms with van der Waals surface area (Å²) in [4.78, 5) is 20.5. The van der Waals surface area contributed by atoms with Gasteiger partial charge in [0.2, 0.25) is 0 Å². The minimum Gasteiger partial charge on any atom is -0.464 e. The number of methoxy groups -OCH3 is 1. The van der Waals surface area contributed by atoms with Crippen LogP contribution in [-0.4, -0.2) is 55.2 Å². The van der Waals surface area contributed by atoms with Crippen molar-refractivity contribution in [3.8, 4) is 0 Å². The molecule has 19 heavy (non-hydrogen) atoms. The van der Waals surface area contributed by atoms with Crippen LogP contribution < -0.4 is 4.90 Å². The molecule has 1 aliphatic heterocycles. The molecule has 1 fully saturated rings. The zero-order chi connectivity index (χ0) is 13.8. The van der Waals surface area contributed by atoms with Gasteiger partial charge in [-0.1, -0.05) is 6.92 Å². The summed E-state index contributed by atoms with van der Waals surface area (Å²) in [6.07, 6.45) is 1.18. The summed E-state index contributed by atoms with van der Waals surface area (Å²) in [5.41, 5.74) is 0.409. The number of hydrogen-bond donors (Lipinski definition) is 0. The average molecular weight is 283 g/mol. The Bertz CT molecular complexity index is 427. The molecule has 0 bridgehead atoms. The van der Waals surface area contributed by atoms with Crippen LogP contribution >= 0.6 is 11.3 Å². The Hall–Kier alpha value is -1.14. The number of aromatic nitrogens is 1. The van der Waals surface area contributed by atoms with Crippen LogP contribution in [0.25, 0.3) is 0 Å². The van der Waals surface area contributed by atoms with Crippen molar-refractivity contribution in [3.05, 3.63) is 11.1 Å². The normalized spacial score (nSPS) is 18.4. The van der Waals surface area contributed by atoms with Gasteiger partial charge in [-0.15, -0.1) is 11.3 Å². The fourth-order valence-electron chi connectivity index (χ4n) is 2.22. The lowest BCUT2D eigenvalue weighted by molar-refractivity contribution is 0.0595. The maximum atomic E-state index is 11.4. The summed E-state index contributed by atoms with van der Waals surface area (Å²) in [5.74, 6) is -0.360. The number of anilines is 1. The highest BCUT2D eigenvalue weighted by molar-refractivity contribution is 7.13. The quantitative estimate of drug-likeness (QED) is 0.789. The molecular weight excluding hydrogens is 262 g/mol. The average Bonchev–Trinajstić information content (AvgIpc) is 2.95. The SMILES string of the molecule is CCC(C)N1CCN(c2nc(C(=O)OC)cs2)CC1. The predicted octanol–water partition coefficient (Wildman–Crippen LogP) is 1.85. The summed E-state index contributed by atoms with van der Waals surface area (Å²) in [6, 6.07) is 0.643. The molecule has 2 rings (SSSR count). The van der Waals surface area contributed by atoms with Gasteiger partial charge in [-0.25, -0.2) is 9.78 Å². The maximum Gasteiger partial charge on any atom is 0.357 e. The number of ether oxygens (including phenoxy) is 1. The molecule has 0 saturated carbocycles. The second-order valence-corrected chi connectivity index (χ2v) is 5.62. The molecule has 1 saturated heterocycles. The summed E-state index contributed by atoms with van der Waals surface area (Å²) >= 11 is 1.51. The van der Waals surface area contributed by atoms with E-state index in [1.807, 2.05) is 0 Å². The molecule has 0 N–H and O–H groups in total. The first-order chi connectivity index (χ1) is 9.15. The number of hydrogen-bond acceptors (Lipinski definition) is 6. The lowest BCUT2D eigenvalue weighted by Crippen LogP contribution is -2.49. The van der Waals surface area contributed by atoms with Crippen molar-refractivity contribution in [2.24, 2.45) is 0 Å². The number of carbonyl (C=O) groups is 1. The number of rotatable bonds is 4. The lowest BCUT2D eigenvalue weighted by Gasteiger charge is -2.37. The second kappa shape index (κ2) is 6.34. The maximum absolute atomic E-state index is 11.4. The number of nitrogens with zero attached hydrogens (tertiary/aromatic N) is 3. The third-order valence-electron chi connectivity index (χ3n) is 3.69. The Morgan fingerprint density at radius 1 is 1.47 bits per heavy atom. The van der Waals surface area contributed by atoms with E-state index < -0.39 is 0 Å². The first kappa shape index (κ1) is 14.3. The van der Waals surface area contributed by atoms with Crippen LogP contribution in [0.1, 0.15) is 30.8 Å². The van der Waals surface area contributed by atoms with Gasteiger partial charge < -0.3 is 9.64 Å². The van der Waals surface area contributed by atoms with Gasteiger partial charge in [0.05, 0.1) is 7.11 Å². The van der Waals surface area contributed by atoms with Gasteiger partial charge in [0, 0.05) is 37.6 Å². The predicted molar refractivity (Wildman–Crippen MR) is 77.0 cm³/mol. The van der Waals surface area contributed by atoms with E-state index in [0.717, 1.165) is 31.3 Å². The Labute approximate surface area is 118 Å². The highest BCUT2D eigenvalue weighted by Gasteiger charge is 2.22. The number of carbonyl (C=O) groups excluding carboxylic acids is 1. The molecule has 5 nitrogen and oxygen atoms in total. The molecule has 0 amide bonds. The molecule has 6 heteroatoms. The highest BCUT2D eigenvalue weighted by Crippen LogP contribution is 2.22. The van der Waals surface area contributed by atoms with Crippen molar-refractivity contribution in [2.75, 3.05) is 38.2 Å². The van der Waals surface area contributed by atoms with Gasteiger partial charge in [0.1, 0.15) is 0 Å². The molecular formula is C13H21N3O2S. The molecule has 1 aliphatic rings. The topological polar surface area (TPSA) is 45.7 Å². The van der Waals surface area contributed by atoms with Gasteiger partial charge in [0.15, 0.2) is 10.8 Å². The van der Waals surface area contributed by atoms with Crippen molar-refractivity contribution in [2.45, 2.75) is 26.3 Å². The van der Waals surface area contributed by atoms with Crippen molar-refractivity contribution < 1.29 is 9.53 Å². The van der Waals surface area contributed by atoms with E-state index in [9.17, 15) is 4.79 Å². The second-order valence-electron chi connectivity index (χ2n) is 4.79. The van der Waals surface area contributed by atoms with Crippen LogP contribution in [0.5, 0.6) is 0 Å². The summed E-state index contributed by atoms with van der Waals surface area (Å²) < 4.78 is 4.68. The van der Waals surface area contributed by atoms with Gasteiger partial charge in [0.25, 0.3) is 0 Å². The van der Waals surface area contributed by atoms with E-state index in [1.165, 1.54) is 24.9 Å². The zero-order valence-corrected chi connectivity index (χ0v) is 12.6. The first-order valence-electron chi connectivity index (χ1n) is 6.68. The lowest BCUT2D eigenvalue weighted by atomic mass is 10.2. The minimum atomic E-state index is -0.360. The monoisotopic (exact) mass is 283 g/mol.